The summed E-state index contributed by atoms with van der Waals surface area (Å²) in [6.45, 7) is 1.58. The van der Waals surface area contributed by atoms with Crippen LogP contribution in [-0.2, 0) is 6.37 Å². The van der Waals surface area contributed by atoms with E-state index < -0.39 is 6.37 Å². The predicted octanol–water partition coefficient (Wildman–Crippen LogP) is 3.40. The molecule has 0 heteroatoms. The Labute approximate surface area is 75.7 Å². The molecular formula is C12H12. The van der Waals surface area contributed by atoms with Gasteiger partial charge in [0.2, 0.25) is 0 Å². The van der Waals surface area contributed by atoms with Crippen molar-refractivity contribution in [2.75, 3.05) is 0 Å². The minimum atomic E-state index is -1.26. The van der Waals surface area contributed by atoms with Crippen LogP contribution in [0.15, 0.2) is 42.5 Å². The van der Waals surface area contributed by atoms with E-state index >= 15 is 0 Å². The molecule has 12 heavy (non-hydrogen) atoms. The fourth-order valence-electron chi connectivity index (χ4n) is 1.34. The molecule has 2 aromatic rings. The molecule has 2 aromatic carbocycles. The first-order valence-electron chi connectivity index (χ1n) is 5.07. The van der Waals surface area contributed by atoms with Gasteiger partial charge in [-0.05, 0) is 22.7 Å². The first-order chi connectivity index (χ1) is 6.57. The quantitative estimate of drug-likeness (QED) is 0.596. The van der Waals surface area contributed by atoms with E-state index in [-0.39, 0.29) is 0 Å². The van der Waals surface area contributed by atoms with Crippen LogP contribution in [0.3, 0.4) is 0 Å². The molecule has 0 unspecified atom stereocenters. The Kier molecular flexibility index (Phi) is 1.33. The normalized spacial score (nSPS) is 14.1. The largest absolute Gasteiger partial charge is 0.0616 e. The van der Waals surface area contributed by atoms with Crippen LogP contribution in [-0.4, -0.2) is 0 Å². The average molecular weight is 158 g/mol. The average Bonchev–Trinajstić information content (AvgIpc) is 2.16. The van der Waals surface area contributed by atoms with Crippen LogP contribution in [0.4, 0.5) is 0 Å². The number of benzene rings is 2. The molecule has 0 aliphatic rings. The third kappa shape index (κ3) is 1.20. The Bertz CT molecular complexity index is 455. The van der Waals surface area contributed by atoms with Gasteiger partial charge in [0.05, 0.1) is 0 Å². The van der Waals surface area contributed by atoms with Gasteiger partial charge in [-0.25, -0.2) is 0 Å². The van der Waals surface area contributed by atoms with Crippen LogP contribution in [0.25, 0.3) is 10.8 Å². The Morgan fingerprint density at radius 1 is 1.08 bits per heavy atom. The summed E-state index contributed by atoms with van der Waals surface area (Å²) < 4.78 is 15.2. The fourth-order valence-corrected chi connectivity index (χ4v) is 1.34. The Hall–Kier alpha value is -1.30. The molecule has 0 aromatic heterocycles. The fraction of sp³-hybridized carbons (Fsp3) is 0.167. The van der Waals surface area contributed by atoms with Gasteiger partial charge in [0.1, 0.15) is 0 Å². The predicted molar refractivity (Wildman–Crippen MR) is 53.3 cm³/mol. The molecule has 0 nitrogen and oxygen atoms in total. The minimum absolute atomic E-state index is 0.733. The topological polar surface area (TPSA) is 0 Å². The molecule has 0 saturated heterocycles. The highest BCUT2D eigenvalue weighted by molar-refractivity contribution is 5.82. The number of hydrogen-bond acceptors (Lipinski definition) is 0. The Morgan fingerprint density at radius 2 is 1.83 bits per heavy atom. The number of rotatable bonds is 1. The van der Waals surface area contributed by atoms with Crippen molar-refractivity contribution >= 4 is 10.8 Å². The van der Waals surface area contributed by atoms with E-state index in [1.807, 2.05) is 42.5 Å². The standard InChI is InChI=1S/C12H12/c1-2-10-7-8-11-5-3-4-6-12(11)9-10/h3-9H,2H2,1H3/i2D2. The van der Waals surface area contributed by atoms with Crippen molar-refractivity contribution in [1.29, 1.82) is 0 Å². The highest BCUT2D eigenvalue weighted by Gasteiger charge is 1.92. The van der Waals surface area contributed by atoms with Gasteiger partial charge in [-0.3, -0.25) is 0 Å². The highest BCUT2D eigenvalue weighted by Crippen LogP contribution is 2.15. The summed E-state index contributed by atoms with van der Waals surface area (Å²) in [7, 11) is 0. The van der Waals surface area contributed by atoms with Gasteiger partial charge in [0, 0.05) is 2.74 Å². The van der Waals surface area contributed by atoms with Crippen molar-refractivity contribution < 1.29 is 2.74 Å². The maximum absolute atomic E-state index is 7.61. The summed E-state index contributed by atoms with van der Waals surface area (Å²) in [6, 6.07) is 13.7. The summed E-state index contributed by atoms with van der Waals surface area (Å²) in [6.07, 6.45) is -1.26. The zero-order chi connectivity index (χ0) is 10.2. The lowest BCUT2D eigenvalue weighted by atomic mass is 10.1. The van der Waals surface area contributed by atoms with Gasteiger partial charge in [-0.2, -0.15) is 0 Å². The van der Waals surface area contributed by atoms with E-state index in [0.29, 0.717) is 0 Å². The van der Waals surface area contributed by atoms with Gasteiger partial charge in [-0.1, -0.05) is 49.4 Å². The molecule has 0 fully saturated rings. The molecule has 0 amide bonds. The highest BCUT2D eigenvalue weighted by atomic mass is 14.0. The third-order valence-corrected chi connectivity index (χ3v) is 2.04. The van der Waals surface area contributed by atoms with Gasteiger partial charge in [0.15, 0.2) is 0 Å². The zero-order valence-corrected chi connectivity index (χ0v) is 7.04. The van der Waals surface area contributed by atoms with Crippen LogP contribution in [0.1, 0.15) is 15.2 Å². The van der Waals surface area contributed by atoms with E-state index in [4.69, 9.17) is 2.74 Å². The lowest BCUT2D eigenvalue weighted by Crippen LogP contribution is -1.79. The SMILES string of the molecule is [2H]C([2H])(C)c1ccc2ccccc2c1. The maximum Gasteiger partial charge on any atom is 0.0313 e. The maximum atomic E-state index is 7.61. The van der Waals surface area contributed by atoms with E-state index in [0.717, 1.165) is 16.3 Å². The minimum Gasteiger partial charge on any atom is -0.0616 e. The molecule has 60 valence electrons. The summed E-state index contributed by atoms with van der Waals surface area (Å²) in [5, 5.41) is 2.25. The lowest BCUT2D eigenvalue weighted by Gasteiger charge is -1.99. The lowest BCUT2D eigenvalue weighted by molar-refractivity contribution is 1.15. The van der Waals surface area contributed by atoms with Crippen LogP contribution >= 0.6 is 0 Å². The van der Waals surface area contributed by atoms with Gasteiger partial charge >= 0.3 is 0 Å². The van der Waals surface area contributed by atoms with Crippen LogP contribution in [0, 0.1) is 0 Å². The third-order valence-electron chi connectivity index (χ3n) is 2.04. The Morgan fingerprint density at radius 3 is 2.58 bits per heavy atom. The van der Waals surface area contributed by atoms with Crippen molar-refractivity contribution in [2.24, 2.45) is 0 Å². The molecule has 0 bridgehead atoms. The second-order valence-corrected chi connectivity index (χ2v) is 2.81. The van der Waals surface area contributed by atoms with Crippen LogP contribution in [0.5, 0.6) is 0 Å². The summed E-state index contributed by atoms with van der Waals surface area (Å²) in [5.41, 5.74) is 0.733. The van der Waals surface area contributed by atoms with Crippen molar-refractivity contribution in [3.8, 4) is 0 Å². The molecule has 0 saturated carbocycles. The second-order valence-electron chi connectivity index (χ2n) is 2.81. The van der Waals surface area contributed by atoms with Gasteiger partial charge in [-0.15, -0.1) is 0 Å². The molecule has 0 heterocycles. The van der Waals surface area contributed by atoms with E-state index in [1.165, 1.54) is 0 Å². The van der Waals surface area contributed by atoms with Crippen molar-refractivity contribution in [3.63, 3.8) is 0 Å². The summed E-state index contributed by atoms with van der Waals surface area (Å²) in [4.78, 5) is 0. The number of aryl methyl sites for hydroxylation is 1. The van der Waals surface area contributed by atoms with Gasteiger partial charge < -0.3 is 0 Å². The van der Waals surface area contributed by atoms with Crippen molar-refractivity contribution in [1.82, 2.24) is 0 Å². The molecule has 0 atom stereocenters. The monoisotopic (exact) mass is 158 g/mol. The molecule has 0 aliphatic carbocycles. The van der Waals surface area contributed by atoms with Crippen LogP contribution < -0.4 is 0 Å². The van der Waals surface area contributed by atoms with E-state index in [1.54, 1.807) is 6.92 Å². The van der Waals surface area contributed by atoms with Crippen LogP contribution in [0.2, 0.25) is 0 Å². The summed E-state index contributed by atoms with van der Waals surface area (Å²) in [5.74, 6) is 0. The van der Waals surface area contributed by atoms with E-state index in [9.17, 15) is 0 Å². The molecule has 0 N–H and O–H groups in total. The number of hydrogen-bond donors (Lipinski definition) is 0. The van der Waals surface area contributed by atoms with E-state index in [2.05, 4.69) is 0 Å². The Balaban J connectivity index is 2.63. The molecule has 0 spiro atoms. The zero-order valence-electron chi connectivity index (χ0n) is 9.04. The van der Waals surface area contributed by atoms with Crippen molar-refractivity contribution in [3.05, 3.63) is 48.0 Å². The van der Waals surface area contributed by atoms with Gasteiger partial charge in [0.25, 0.3) is 0 Å². The van der Waals surface area contributed by atoms with Crippen molar-refractivity contribution in [2.45, 2.75) is 13.3 Å². The first kappa shape index (κ1) is 5.36. The molecule has 0 radical (unpaired) electrons. The second kappa shape index (κ2) is 2.98. The molecule has 2 rings (SSSR count). The first-order valence-corrected chi connectivity index (χ1v) is 4.07. The number of fused-ring (bicyclic) bond motifs is 1. The summed E-state index contributed by atoms with van der Waals surface area (Å²) >= 11 is 0. The molecule has 0 aliphatic heterocycles. The smallest absolute Gasteiger partial charge is 0.0313 e. The molecular weight excluding hydrogens is 144 g/mol.